The lowest BCUT2D eigenvalue weighted by Crippen LogP contribution is -2.12. The van der Waals surface area contributed by atoms with Crippen LogP contribution in [0.1, 0.15) is 22.7 Å². The Hall–Kier alpha value is -2.08. The second-order valence-corrected chi connectivity index (χ2v) is 5.07. The number of pyridine rings is 1. The van der Waals surface area contributed by atoms with Gasteiger partial charge in [-0.3, -0.25) is 0 Å². The van der Waals surface area contributed by atoms with Crippen molar-refractivity contribution >= 4 is 11.5 Å². The number of methoxy groups -OCH3 is 1. The monoisotopic (exact) mass is 275 g/mol. The molecule has 0 radical (unpaired) electrons. The molecule has 1 unspecified atom stereocenters. The van der Waals surface area contributed by atoms with E-state index >= 15 is 0 Å². The SMILES string of the molecule is COc1ccn2c(CC3CCNC3)nc(C(=O)O)c2c1. The van der Waals surface area contributed by atoms with Crippen LogP contribution in [0, 0.1) is 5.92 Å². The van der Waals surface area contributed by atoms with Crippen LogP contribution in [-0.4, -0.2) is 40.7 Å². The molecule has 1 aliphatic heterocycles. The summed E-state index contributed by atoms with van der Waals surface area (Å²) in [5, 5.41) is 12.6. The molecule has 0 bridgehead atoms. The quantitative estimate of drug-likeness (QED) is 0.876. The highest BCUT2D eigenvalue weighted by molar-refractivity contribution is 5.94. The predicted molar refractivity (Wildman–Crippen MR) is 73.4 cm³/mol. The van der Waals surface area contributed by atoms with Gasteiger partial charge in [0.1, 0.15) is 11.6 Å². The minimum atomic E-state index is -1.01. The molecule has 0 spiro atoms. The van der Waals surface area contributed by atoms with E-state index in [9.17, 15) is 9.90 Å². The molecule has 6 nitrogen and oxygen atoms in total. The topological polar surface area (TPSA) is 75.9 Å². The normalized spacial score (nSPS) is 18.6. The summed E-state index contributed by atoms with van der Waals surface area (Å²) in [6, 6.07) is 3.53. The molecule has 106 valence electrons. The summed E-state index contributed by atoms with van der Waals surface area (Å²) in [6.45, 7) is 1.99. The zero-order valence-corrected chi connectivity index (χ0v) is 11.3. The van der Waals surface area contributed by atoms with E-state index in [0.29, 0.717) is 17.2 Å². The van der Waals surface area contributed by atoms with Gasteiger partial charge in [0.05, 0.1) is 12.6 Å². The Kier molecular flexibility index (Phi) is 3.31. The molecular weight excluding hydrogens is 258 g/mol. The molecular formula is C14H17N3O3. The Labute approximate surface area is 116 Å². The van der Waals surface area contributed by atoms with Gasteiger partial charge in [-0.2, -0.15) is 0 Å². The van der Waals surface area contributed by atoms with Gasteiger partial charge >= 0.3 is 5.97 Å². The van der Waals surface area contributed by atoms with Crippen LogP contribution >= 0.6 is 0 Å². The zero-order chi connectivity index (χ0) is 14.1. The fraction of sp³-hybridized carbons (Fsp3) is 0.429. The Balaban J connectivity index is 2.05. The summed E-state index contributed by atoms with van der Waals surface area (Å²) < 4.78 is 7.01. The first-order valence-electron chi connectivity index (χ1n) is 6.68. The first-order valence-corrected chi connectivity index (χ1v) is 6.68. The van der Waals surface area contributed by atoms with E-state index < -0.39 is 5.97 Å². The molecule has 0 amide bonds. The number of carboxylic acids is 1. The Morgan fingerprint density at radius 3 is 3.15 bits per heavy atom. The van der Waals surface area contributed by atoms with Crippen molar-refractivity contribution in [1.29, 1.82) is 0 Å². The molecule has 2 aromatic heterocycles. The van der Waals surface area contributed by atoms with Crippen molar-refractivity contribution in [2.24, 2.45) is 5.92 Å². The number of fused-ring (bicyclic) bond motifs is 1. The minimum Gasteiger partial charge on any atom is -0.497 e. The highest BCUT2D eigenvalue weighted by Crippen LogP contribution is 2.22. The van der Waals surface area contributed by atoms with E-state index in [1.807, 2.05) is 16.7 Å². The van der Waals surface area contributed by atoms with E-state index in [4.69, 9.17) is 4.74 Å². The maximum atomic E-state index is 11.3. The Morgan fingerprint density at radius 2 is 2.50 bits per heavy atom. The fourth-order valence-electron chi connectivity index (χ4n) is 2.70. The second kappa shape index (κ2) is 5.13. The van der Waals surface area contributed by atoms with Crippen LogP contribution in [0.3, 0.4) is 0 Å². The van der Waals surface area contributed by atoms with Crippen molar-refractivity contribution in [3.8, 4) is 5.75 Å². The number of aromatic carboxylic acids is 1. The van der Waals surface area contributed by atoms with Crippen LogP contribution in [0.15, 0.2) is 18.3 Å². The number of aromatic nitrogens is 2. The van der Waals surface area contributed by atoms with Gasteiger partial charge in [-0.05, 0) is 31.5 Å². The second-order valence-electron chi connectivity index (χ2n) is 5.07. The fourth-order valence-corrected chi connectivity index (χ4v) is 2.70. The number of rotatable bonds is 4. The van der Waals surface area contributed by atoms with Gasteiger partial charge in [-0.15, -0.1) is 0 Å². The number of carboxylic acid groups (broad SMARTS) is 1. The highest BCUT2D eigenvalue weighted by atomic mass is 16.5. The molecule has 0 aliphatic carbocycles. The predicted octanol–water partition coefficient (Wildman–Crippen LogP) is 1.19. The van der Waals surface area contributed by atoms with Gasteiger partial charge in [0.15, 0.2) is 5.69 Å². The molecule has 1 atom stereocenters. The van der Waals surface area contributed by atoms with Crippen molar-refractivity contribution in [3.63, 3.8) is 0 Å². The summed E-state index contributed by atoms with van der Waals surface area (Å²) in [5.41, 5.74) is 0.669. The van der Waals surface area contributed by atoms with Gasteiger partial charge in [-0.25, -0.2) is 9.78 Å². The Morgan fingerprint density at radius 1 is 1.65 bits per heavy atom. The number of imidazole rings is 1. The lowest BCUT2D eigenvalue weighted by molar-refractivity contribution is 0.0693. The number of hydrogen-bond donors (Lipinski definition) is 2. The van der Waals surface area contributed by atoms with Crippen molar-refractivity contribution in [3.05, 3.63) is 29.8 Å². The lowest BCUT2D eigenvalue weighted by Gasteiger charge is -2.07. The van der Waals surface area contributed by atoms with Gasteiger partial charge in [0, 0.05) is 18.7 Å². The maximum absolute atomic E-state index is 11.3. The lowest BCUT2D eigenvalue weighted by atomic mass is 10.1. The third kappa shape index (κ3) is 2.22. The third-order valence-electron chi connectivity index (χ3n) is 3.76. The number of ether oxygens (including phenoxy) is 1. The van der Waals surface area contributed by atoms with Crippen LogP contribution in [0.25, 0.3) is 5.52 Å². The first-order chi connectivity index (χ1) is 9.69. The average molecular weight is 275 g/mol. The zero-order valence-electron chi connectivity index (χ0n) is 11.3. The first kappa shape index (κ1) is 12.9. The van der Waals surface area contributed by atoms with Crippen LogP contribution in [0.5, 0.6) is 5.75 Å². The summed E-state index contributed by atoms with van der Waals surface area (Å²) in [5.74, 6) is 0.943. The van der Waals surface area contributed by atoms with E-state index in [2.05, 4.69) is 10.3 Å². The molecule has 0 aromatic carbocycles. The molecule has 1 saturated heterocycles. The number of hydrogen-bond acceptors (Lipinski definition) is 4. The summed E-state index contributed by atoms with van der Waals surface area (Å²) in [4.78, 5) is 15.6. The van der Waals surface area contributed by atoms with Gasteiger partial charge in [0.25, 0.3) is 0 Å². The molecule has 1 fully saturated rings. The smallest absolute Gasteiger partial charge is 0.356 e. The van der Waals surface area contributed by atoms with E-state index in [0.717, 1.165) is 31.8 Å². The van der Waals surface area contributed by atoms with Gasteiger partial charge in [-0.1, -0.05) is 0 Å². The number of nitrogens with zero attached hydrogens (tertiary/aromatic N) is 2. The van der Waals surface area contributed by atoms with Crippen molar-refractivity contribution in [2.75, 3.05) is 20.2 Å². The summed E-state index contributed by atoms with van der Waals surface area (Å²) in [7, 11) is 1.56. The largest absolute Gasteiger partial charge is 0.497 e. The maximum Gasteiger partial charge on any atom is 0.356 e. The van der Waals surface area contributed by atoms with Crippen molar-refractivity contribution in [1.82, 2.24) is 14.7 Å². The molecule has 0 saturated carbocycles. The Bertz CT molecular complexity index is 644. The van der Waals surface area contributed by atoms with E-state index in [-0.39, 0.29) is 5.69 Å². The van der Waals surface area contributed by atoms with Crippen LogP contribution in [0.4, 0.5) is 0 Å². The van der Waals surface area contributed by atoms with Crippen LogP contribution in [0.2, 0.25) is 0 Å². The van der Waals surface area contributed by atoms with Crippen LogP contribution in [-0.2, 0) is 6.42 Å². The van der Waals surface area contributed by atoms with Gasteiger partial charge in [0.2, 0.25) is 0 Å². The van der Waals surface area contributed by atoms with Crippen molar-refractivity contribution < 1.29 is 14.6 Å². The highest BCUT2D eigenvalue weighted by Gasteiger charge is 2.21. The molecule has 3 heterocycles. The third-order valence-corrected chi connectivity index (χ3v) is 3.76. The molecule has 2 N–H and O–H groups in total. The molecule has 1 aliphatic rings. The van der Waals surface area contributed by atoms with Gasteiger partial charge < -0.3 is 19.6 Å². The molecule has 3 rings (SSSR count). The van der Waals surface area contributed by atoms with E-state index in [1.54, 1.807) is 13.2 Å². The molecule has 6 heteroatoms. The molecule has 2 aromatic rings. The summed E-state index contributed by atoms with van der Waals surface area (Å²) >= 11 is 0. The van der Waals surface area contributed by atoms with Crippen LogP contribution < -0.4 is 10.1 Å². The number of nitrogens with one attached hydrogen (secondary N) is 1. The average Bonchev–Trinajstić information content (AvgIpc) is 3.07. The van der Waals surface area contributed by atoms with Crippen molar-refractivity contribution in [2.45, 2.75) is 12.8 Å². The standard InChI is InChI=1S/C14H17N3O3/c1-20-10-3-5-17-11(7-10)13(14(18)19)16-12(17)6-9-2-4-15-8-9/h3,5,7,9,15H,2,4,6,8H2,1H3,(H,18,19). The number of carbonyl (C=O) groups is 1. The molecule has 20 heavy (non-hydrogen) atoms. The van der Waals surface area contributed by atoms with E-state index in [1.165, 1.54) is 0 Å². The minimum absolute atomic E-state index is 0.0878. The summed E-state index contributed by atoms with van der Waals surface area (Å²) in [6.07, 6.45) is 3.71.